The number of fused-ring (bicyclic) bond motifs is 3. The van der Waals surface area contributed by atoms with Crippen molar-refractivity contribution in [1.29, 1.82) is 0 Å². The first-order valence-electron chi connectivity index (χ1n) is 17.1. The fraction of sp³-hybridized carbons (Fsp3) is 0.357. The maximum Gasteiger partial charge on any atom is 0.216 e. The third-order valence-corrected chi connectivity index (χ3v) is 11.8. The average Bonchev–Trinajstić information content (AvgIpc) is 3.74. The first-order chi connectivity index (χ1) is 22.5. The van der Waals surface area contributed by atoms with Crippen molar-refractivity contribution in [2.45, 2.75) is 84.9 Å². The van der Waals surface area contributed by atoms with Gasteiger partial charge in [-0.25, -0.2) is 4.98 Å². The number of hydrogen-bond acceptors (Lipinski definition) is 4. The molecule has 2 aromatic carbocycles. The van der Waals surface area contributed by atoms with Gasteiger partial charge in [0.25, 0.3) is 0 Å². The molecule has 6 heteroatoms. The largest absolute Gasteiger partial charge is 0.486 e. The quantitative estimate of drug-likeness (QED) is 0.119. The minimum absolute atomic E-state index is 0. The van der Waals surface area contributed by atoms with Crippen molar-refractivity contribution in [1.82, 2.24) is 15.0 Å². The van der Waals surface area contributed by atoms with Crippen LogP contribution < -0.4 is 5.19 Å². The molecule has 1 fully saturated rings. The molecule has 1 aliphatic carbocycles. The summed E-state index contributed by atoms with van der Waals surface area (Å²) >= 11 is 0. The Hall–Kier alpha value is -3.44. The predicted molar refractivity (Wildman–Crippen MR) is 199 cm³/mol. The van der Waals surface area contributed by atoms with Crippen molar-refractivity contribution in [2.75, 3.05) is 0 Å². The molecule has 0 N–H and O–H groups in total. The van der Waals surface area contributed by atoms with Gasteiger partial charge in [0, 0.05) is 44.1 Å². The number of nitrogens with zero attached hydrogens (tertiary/aromatic N) is 3. The molecule has 1 radical (unpaired) electrons. The summed E-state index contributed by atoms with van der Waals surface area (Å²) in [6.07, 6.45) is 12.3. The summed E-state index contributed by atoms with van der Waals surface area (Å²) in [5.74, 6) is 1.41. The van der Waals surface area contributed by atoms with Crippen molar-refractivity contribution in [2.24, 2.45) is 11.8 Å². The van der Waals surface area contributed by atoms with Gasteiger partial charge in [0.2, 0.25) is 5.71 Å². The standard InChI is InChI=1S/C24H23N2O.C18H24NSi.Ir/c1-24(2,16-7-3-4-8-16)17-12-14-25-21(15-17)20-10-5-9-18-19-11-6-13-26-23(19)27-22(18)20;1-14(2)11-16-12-17(15-9-7-6-8-10-15)19-13-18(16)20(3,4)5;/h5-6,9,11-16H,3-4,7-8H2,1-2H3;6-9,12-14H,11H2,1-5H3;/q2*-1;. The van der Waals surface area contributed by atoms with E-state index < -0.39 is 8.07 Å². The SMILES string of the molecule is CC(C)(c1ccnc(-c2[c-]ccc3c2oc2ncccc23)c1)C1CCCC1.CC(C)Cc1cc(-c2[c-]cccc2)ncc1[Si](C)(C)C.[Ir]. The van der Waals surface area contributed by atoms with Crippen LogP contribution in [0.3, 0.4) is 0 Å². The van der Waals surface area contributed by atoms with Crippen molar-refractivity contribution < 1.29 is 24.5 Å². The zero-order valence-electron chi connectivity index (χ0n) is 29.4. The molecular weight excluding hydrogens is 783 g/mol. The molecule has 1 aliphatic rings. The molecule has 0 unspecified atom stereocenters. The Bertz CT molecular complexity index is 1970. The zero-order chi connectivity index (χ0) is 33.2. The van der Waals surface area contributed by atoms with Crippen molar-refractivity contribution in [3.63, 3.8) is 0 Å². The van der Waals surface area contributed by atoms with Gasteiger partial charge < -0.3 is 14.4 Å². The number of pyridine rings is 3. The van der Waals surface area contributed by atoms with Crippen LogP contribution in [0.15, 0.2) is 89.7 Å². The van der Waals surface area contributed by atoms with E-state index in [4.69, 9.17) is 4.42 Å². The van der Waals surface area contributed by atoms with Gasteiger partial charge in [-0.15, -0.1) is 54.1 Å². The number of benzene rings is 2. The second-order valence-corrected chi connectivity index (χ2v) is 20.1. The third kappa shape index (κ3) is 7.72. The molecule has 0 saturated heterocycles. The van der Waals surface area contributed by atoms with Crippen molar-refractivity contribution in [3.8, 4) is 22.5 Å². The van der Waals surface area contributed by atoms with E-state index in [1.165, 1.54) is 42.0 Å². The molecule has 0 bridgehead atoms. The molecular formula is C42H47IrN3OSi-2. The van der Waals surface area contributed by atoms with Gasteiger partial charge in [0.15, 0.2) is 0 Å². The third-order valence-electron chi connectivity index (χ3n) is 9.76. The molecule has 4 aromatic heterocycles. The van der Waals surface area contributed by atoms with Gasteiger partial charge in [-0.3, -0.25) is 0 Å². The summed E-state index contributed by atoms with van der Waals surface area (Å²) in [6, 6.07) is 29.3. The van der Waals surface area contributed by atoms with Gasteiger partial charge in [0.05, 0.1) is 13.7 Å². The summed E-state index contributed by atoms with van der Waals surface area (Å²) in [5, 5.41) is 3.59. The van der Waals surface area contributed by atoms with Gasteiger partial charge in [-0.2, -0.15) is 0 Å². The van der Waals surface area contributed by atoms with Crippen LogP contribution in [0, 0.1) is 24.0 Å². The van der Waals surface area contributed by atoms with Gasteiger partial charge in [0.1, 0.15) is 0 Å². The Morgan fingerprint density at radius 3 is 2.35 bits per heavy atom. The topological polar surface area (TPSA) is 51.8 Å². The van der Waals surface area contributed by atoms with Crippen LogP contribution in [0.1, 0.15) is 64.5 Å². The van der Waals surface area contributed by atoms with E-state index in [2.05, 4.69) is 105 Å². The van der Waals surface area contributed by atoms with E-state index in [0.717, 1.165) is 51.2 Å². The van der Waals surface area contributed by atoms with Crippen LogP contribution in [0.2, 0.25) is 19.6 Å². The number of rotatable bonds is 7. The van der Waals surface area contributed by atoms with E-state index in [-0.39, 0.29) is 25.5 Å². The molecule has 0 atom stereocenters. The molecule has 4 nitrogen and oxygen atoms in total. The summed E-state index contributed by atoms with van der Waals surface area (Å²) < 4.78 is 6.08. The summed E-state index contributed by atoms with van der Waals surface area (Å²) in [7, 11) is -1.34. The minimum atomic E-state index is -1.34. The van der Waals surface area contributed by atoms with E-state index in [1.807, 2.05) is 48.7 Å². The van der Waals surface area contributed by atoms with Gasteiger partial charge in [-0.05, 0) is 76.9 Å². The Morgan fingerprint density at radius 1 is 0.854 bits per heavy atom. The molecule has 0 aliphatic heterocycles. The number of furan rings is 1. The first-order valence-corrected chi connectivity index (χ1v) is 20.6. The second-order valence-electron chi connectivity index (χ2n) is 15.0. The Morgan fingerprint density at radius 2 is 1.65 bits per heavy atom. The normalized spacial score (nSPS) is 13.8. The maximum atomic E-state index is 6.08. The molecule has 251 valence electrons. The molecule has 1 saturated carbocycles. The van der Waals surface area contributed by atoms with Crippen LogP contribution in [0.5, 0.6) is 0 Å². The zero-order valence-corrected chi connectivity index (χ0v) is 32.8. The smallest absolute Gasteiger partial charge is 0.216 e. The van der Waals surface area contributed by atoms with Crippen molar-refractivity contribution in [3.05, 3.63) is 109 Å². The van der Waals surface area contributed by atoms with Crippen LogP contribution >= 0.6 is 0 Å². The summed E-state index contributed by atoms with van der Waals surface area (Å²) in [4.78, 5) is 13.7. The minimum Gasteiger partial charge on any atom is -0.486 e. The molecule has 0 amide bonds. The molecule has 7 rings (SSSR count). The monoisotopic (exact) mass is 830 g/mol. The number of hydrogen-bond donors (Lipinski definition) is 0. The van der Waals surface area contributed by atoms with E-state index in [1.54, 1.807) is 6.20 Å². The fourth-order valence-corrected chi connectivity index (χ4v) is 8.69. The van der Waals surface area contributed by atoms with E-state index in [0.29, 0.717) is 11.6 Å². The second kappa shape index (κ2) is 15.0. The average molecular weight is 830 g/mol. The molecule has 4 heterocycles. The molecule has 48 heavy (non-hydrogen) atoms. The van der Waals surface area contributed by atoms with Crippen LogP contribution in [0.4, 0.5) is 0 Å². The molecule has 0 spiro atoms. The van der Waals surface area contributed by atoms with Crippen LogP contribution in [0.25, 0.3) is 44.6 Å². The predicted octanol–water partition coefficient (Wildman–Crippen LogP) is 10.6. The summed E-state index contributed by atoms with van der Waals surface area (Å²) in [6.45, 7) is 16.5. The van der Waals surface area contributed by atoms with Crippen LogP contribution in [-0.4, -0.2) is 23.0 Å². The Balaban J connectivity index is 0.000000193. The van der Waals surface area contributed by atoms with E-state index in [9.17, 15) is 0 Å². The fourth-order valence-electron chi connectivity index (χ4n) is 7.10. The van der Waals surface area contributed by atoms with Crippen molar-refractivity contribution >= 4 is 35.3 Å². The van der Waals surface area contributed by atoms with Crippen LogP contribution in [-0.2, 0) is 31.9 Å². The summed E-state index contributed by atoms with van der Waals surface area (Å²) in [5.41, 5.74) is 8.41. The van der Waals surface area contributed by atoms with Gasteiger partial charge in [-0.1, -0.05) is 88.8 Å². The van der Waals surface area contributed by atoms with Gasteiger partial charge >= 0.3 is 0 Å². The van der Waals surface area contributed by atoms with E-state index >= 15 is 0 Å². The number of aromatic nitrogens is 3. The maximum absolute atomic E-state index is 6.08. The first kappa shape index (κ1) is 35.9. The Kier molecular flexibility index (Phi) is 11.2. The molecule has 6 aromatic rings. The Labute approximate surface area is 301 Å².